The van der Waals surface area contributed by atoms with E-state index in [1.54, 1.807) is 13.0 Å². The van der Waals surface area contributed by atoms with E-state index < -0.39 is 9.84 Å². The first-order valence-electron chi connectivity index (χ1n) is 4.55. The molecule has 0 aliphatic carbocycles. The molecule has 0 atom stereocenters. The first-order chi connectivity index (χ1) is 6.52. The second kappa shape index (κ2) is 6.73. The standard InChI is InChI=1S/C9H17NO3S/c1-3-6-10-8-9(11)5-7-14(12,13)4-2/h3,10H,1,4-8H2,2H3. The van der Waals surface area contributed by atoms with Crippen LogP contribution in [0.15, 0.2) is 12.7 Å². The number of nitrogens with one attached hydrogen (secondary N) is 1. The Hall–Kier alpha value is -0.680. The summed E-state index contributed by atoms with van der Waals surface area (Å²) in [6.45, 7) is 5.84. The number of carbonyl (C=O) groups is 1. The Morgan fingerprint density at radius 1 is 1.50 bits per heavy atom. The van der Waals surface area contributed by atoms with Gasteiger partial charge in [0.1, 0.15) is 15.6 Å². The van der Waals surface area contributed by atoms with Crippen LogP contribution in [0.4, 0.5) is 0 Å². The van der Waals surface area contributed by atoms with Gasteiger partial charge in [-0.3, -0.25) is 4.79 Å². The highest BCUT2D eigenvalue weighted by molar-refractivity contribution is 7.91. The minimum atomic E-state index is -3.01. The fraction of sp³-hybridized carbons (Fsp3) is 0.667. The van der Waals surface area contributed by atoms with Crippen molar-refractivity contribution in [3.63, 3.8) is 0 Å². The molecule has 0 amide bonds. The normalized spacial score (nSPS) is 11.2. The largest absolute Gasteiger partial charge is 0.307 e. The van der Waals surface area contributed by atoms with Crippen molar-refractivity contribution in [2.24, 2.45) is 0 Å². The van der Waals surface area contributed by atoms with Gasteiger partial charge in [-0.05, 0) is 0 Å². The summed E-state index contributed by atoms with van der Waals surface area (Å²) in [6, 6.07) is 0. The van der Waals surface area contributed by atoms with Gasteiger partial charge in [-0.2, -0.15) is 0 Å². The molecule has 0 heterocycles. The summed E-state index contributed by atoms with van der Waals surface area (Å²) in [5, 5.41) is 2.83. The van der Waals surface area contributed by atoms with Gasteiger partial charge in [-0.15, -0.1) is 6.58 Å². The highest BCUT2D eigenvalue weighted by Crippen LogP contribution is 1.93. The average Bonchev–Trinajstić information content (AvgIpc) is 2.16. The molecule has 0 saturated carbocycles. The number of hydrogen-bond donors (Lipinski definition) is 1. The van der Waals surface area contributed by atoms with Crippen molar-refractivity contribution in [2.75, 3.05) is 24.6 Å². The van der Waals surface area contributed by atoms with Gasteiger partial charge in [0.05, 0.1) is 12.3 Å². The maximum Gasteiger partial charge on any atom is 0.150 e. The van der Waals surface area contributed by atoms with Gasteiger partial charge in [0.2, 0.25) is 0 Å². The highest BCUT2D eigenvalue weighted by atomic mass is 32.2. The van der Waals surface area contributed by atoms with Crippen LogP contribution in [0.1, 0.15) is 13.3 Å². The molecule has 0 aromatic rings. The van der Waals surface area contributed by atoms with E-state index in [2.05, 4.69) is 11.9 Å². The minimum Gasteiger partial charge on any atom is -0.307 e. The van der Waals surface area contributed by atoms with E-state index in [-0.39, 0.29) is 30.3 Å². The summed E-state index contributed by atoms with van der Waals surface area (Å²) in [5.74, 6) is -0.0257. The zero-order chi connectivity index (χ0) is 11.0. The fourth-order valence-corrected chi connectivity index (χ4v) is 1.64. The molecular formula is C9H17NO3S. The molecule has 0 aliphatic heterocycles. The molecule has 4 nitrogen and oxygen atoms in total. The topological polar surface area (TPSA) is 63.2 Å². The third kappa shape index (κ3) is 6.80. The first-order valence-corrected chi connectivity index (χ1v) is 6.37. The fourth-order valence-electron chi connectivity index (χ4n) is 0.816. The molecule has 1 N–H and O–H groups in total. The Morgan fingerprint density at radius 3 is 2.64 bits per heavy atom. The number of ketones is 1. The third-order valence-corrected chi connectivity index (χ3v) is 3.45. The van der Waals surface area contributed by atoms with Crippen molar-refractivity contribution in [2.45, 2.75) is 13.3 Å². The number of rotatable bonds is 8. The molecule has 0 fully saturated rings. The molecule has 14 heavy (non-hydrogen) atoms. The number of sulfone groups is 1. The van der Waals surface area contributed by atoms with Crippen molar-refractivity contribution in [3.8, 4) is 0 Å². The van der Waals surface area contributed by atoms with Gasteiger partial charge in [0.25, 0.3) is 0 Å². The summed E-state index contributed by atoms with van der Waals surface area (Å²) >= 11 is 0. The summed E-state index contributed by atoms with van der Waals surface area (Å²) < 4.78 is 22.1. The highest BCUT2D eigenvalue weighted by Gasteiger charge is 2.10. The van der Waals surface area contributed by atoms with Gasteiger partial charge in [0.15, 0.2) is 0 Å². The Balaban J connectivity index is 3.69. The first kappa shape index (κ1) is 13.3. The molecule has 0 aromatic carbocycles. The smallest absolute Gasteiger partial charge is 0.150 e. The van der Waals surface area contributed by atoms with Gasteiger partial charge in [0, 0.05) is 18.7 Å². The van der Waals surface area contributed by atoms with Crippen LogP contribution in [0.25, 0.3) is 0 Å². The van der Waals surface area contributed by atoms with Crippen molar-refractivity contribution < 1.29 is 13.2 Å². The molecule has 0 unspecified atom stereocenters. The average molecular weight is 219 g/mol. The molecule has 0 rings (SSSR count). The maximum atomic E-state index is 11.1. The maximum absolute atomic E-state index is 11.1. The second-order valence-electron chi connectivity index (χ2n) is 2.94. The Kier molecular flexibility index (Phi) is 6.40. The van der Waals surface area contributed by atoms with Gasteiger partial charge in [-0.25, -0.2) is 8.42 Å². The van der Waals surface area contributed by atoms with E-state index in [4.69, 9.17) is 0 Å². The minimum absolute atomic E-state index is 0.0435. The summed E-state index contributed by atoms with van der Waals surface area (Å²) in [4.78, 5) is 11.1. The SMILES string of the molecule is C=CCNCC(=O)CCS(=O)(=O)CC. The van der Waals surface area contributed by atoms with E-state index in [0.29, 0.717) is 6.54 Å². The Bertz CT molecular complexity index is 282. The lowest BCUT2D eigenvalue weighted by molar-refractivity contribution is -0.117. The molecule has 0 bridgehead atoms. The monoisotopic (exact) mass is 219 g/mol. The van der Waals surface area contributed by atoms with E-state index in [1.165, 1.54) is 0 Å². The predicted octanol–water partition coefficient (Wildman–Crippen LogP) is 0.156. The molecule has 0 radical (unpaired) electrons. The van der Waals surface area contributed by atoms with Crippen molar-refractivity contribution in [1.82, 2.24) is 5.32 Å². The molecular weight excluding hydrogens is 202 g/mol. The van der Waals surface area contributed by atoms with E-state index in [0.717, 1.165) is 0 Å². The molecule has 0 saturated heterocycles. The van der Waals surface area contributed by atoms with Crippen molar-refractivity contribution >= 4 is 15.6 Å². The molecule has 0 aromatic heterocycles. The Labute approximate surface area is 85.3 Å². The van der Waals surface area contributed by atoms with Gasteiger partial charge in [-0.1, -0.05) is 13.0 Å². The molecule has 0 aliphatic rings. The van der Waals surface area contributed by atoms with Crippen molar-refractivity contribution in [1.29, 1.82) is 0 Å². The predicted molar refractivity (Wildman–Crippen MR) is 57.0 cm³/mol. The van der Waals surface area contributed by atoms with Gasteiger partial charge >= 0.3 is 0 Å². The lowest BCUT2D eigenvalue weighted by Crippen LogP contribution is -2.24. The van der Waals surface area contributed by atoms with E-state index in [1.807, 2.05) is 0 Å². The zero-order valence-corrected chi connectivity index (χ0v) is 9.27. The van der Waals surface area contributed by atoms with Crippen LogP contribution in [0.3, 0.4) is 0 Å². The van der Waals surface area contributed by atoms with Crippen LogP contribution in [-0.2, 0) is 14.6 Å². The third-order valence-electron chi connectivity index (χ3n) is 1.74. The number of hydrogen-bond acceptors (Lipinski definition) is 4. The van der Waals surface area contributed by atoms with Crippen LogP contribution in [0.5, 0.6) is 0 Å². The lowest BCUT2D eigenvalue weighted by atomic mass is 10.3. The molecule has 82 valence electrons. The second-order valence-corrected chi connectivity index (χ2v) is 5.42. The number of Topliss-reactive ketones (excluding diaryl/α,β-unsaturated/α-hetero) is 1. The van der Waals surface area contributed by atoms with Crippen LogP contribution < -0.4 is 5.32 Å². The van der Waals surface area contributed by atoms with E-state index in [9.17, 15) is 13.2 Å². The zero-order valence-electron chi connectivity index (χ0n) is 8.45. The lowest BCUT2D eigenvalue weighted by Gasteiger charge is -2.01. The van der Waals surface area contributed by atoms with Crippen LogP contribution in [0.2, 0.25) is 0 Å². The van der Waals surface area contributed by atoms with Gasteiger partial charge < -0.3 is 5.32 Å². The van der Waals surface area contributed by atoms with Crippen LogP contribution in [0, 0.1) is 0 Å². The summed E-state index contributed by atoms with van der Waals surface area (Å²) in [6.07, 6.45) is 1.75. The molecule has 0 spiro atoms. The summed E-state index contributed by atoms with van der Waals surface area (Å²) in [7, 11) is -3.01. The number of carbonyl (C=O) groups excluding carboxylic acids is 1. The summed E-state index contributed by atoms with van der Waals surface area (Å²) in [5.41, 5.74) is 0. The van der Waals surface area contributed by atoms with Crippen molar-refractivity contribution in [3.05, 3.63) is 12.7 Å². The van der Waals surface area contributed by atoms with Crippen LogP contribution >= 0.6 is 0 Å². The Morgan fingerprint density at radius 2 is 2.14 bits per heavy atom. The quantitative estimate of drug-likeness (QED) is 0.466. The molecule has 5 heteroatoms. The van der Waals surface area contributed by atoms with E-state index >= 15 is 0 Å². The van der Waals surface area contributed by atoms with Crippen LogP contribution in [-0.4, -0.2) is 38.8 Å².